The lowest BCUT2D eigenvalue weighted by atomic mass is 10.2. The molecule has 0 aromatic carbocycles. The maximum absolute atomic E-state index is 12.5. The molecule has 1 aromatic rings. The van der Waals surface area contributed by atoms with E-state index in [4.69, 9.17) is 0 Å². The van der Waals surface area contributed by atoms with Crippen molar-refractivity contribution >= 4 is 33.2 Å². The number of amides is 1. The van der Waals surface area contributed by atoms with Crippen LogP contribution in [0.5, 0.6) is 0 Å². The number of alkyl halides is 3. The Morgan fingerprint density at radius 2 is 2.05 bits per heavy atom. The fourth-order valence-corrected chi connectivity index (χ4v) is 3.10. The Morgan fingerprint density at radius 3 is 2.42 bits per heavy atom. The monoisotopic (exact) mass is 357 g/mol. The molecule has 1 amide bonds. The van der Waals surface area contributed by atoms with Crippen molar-refractivity contribution in [2.45, 2.75) is 26.9 Å². The number of thiophene rings is 1. The zero-order chi connectivity index (χ0) is 14.8. The lowest BCUT2D eigenvalue weighted by Gasteiger charge is -2.25. The first-order valence-electron chi connectivity index (χ1n) is 5.72. The SMILES string of the molecule is Cc1cc(C(=O)N(CC(C)C)CC(F)(F)F)sc1Br. The third-order valence-electron chi connectivity index (χ3n) is 2.31. The second kappa shape index (κ2) is 6.26. The van der Waals surface area contributed by atoms with E-state index in [0.29, 0.717) is 4.88 Å². The third kappa shape index (κ3) is 5.14. The summed E-state index contributed by atoms with van der Waals surface area (Å²) in [4.78, 5) is 13.3. The predicted octanol–water partition coefficient (Wildman–Crippen LogP) is 4.48. The van der Waals surface area contributed by atoms with Gasteiger partial charge in [0, 0.05) is 6.54 Å². The van der Waals surface area contributed by atoms with Crippen LogP contribution >= 0.6 is 27.3 Å². The largest absolute Gasteiger partial charge is 0.406 e. The Morgan fingerprint density at radius 1 is 1.47 bits per heavy atom. The van der Waals surface area contributed by atoms with Crippen LogP contribution in [0.25, 0.3) is 0 Å². The molecule has 19 heavy (non-hydrogen) atoms. The number of hydrogen-bond donors (Lipinski definition) is 0. The van der Waals surface area contributed by atoms with Gasteiger partial charge in [0.25, 0.3) is 5.91 Å². The minimum Gasteiger partial charge on any atom is -0.329 e. The maximum Gasteiger partial charge on any atom is 0.406 e. The molecule has 0 atom stereocenters. The number of halogens is 4. The molecule has 0 bridgehead atoms. The number of carbonyl (C=O) groups excluding carboxylic acids is 1. The Kier molecular flexibility index (Phi) is 5.43. The fraction of sp³-hybridized carbons (Fsp3) is 0.583. The molecule has 7 heteroatoms. The van der Waals surface area contributed by atoms with Crippen LogP contribution < -0.4 is 0 Å². The van der Waals surface area contributed by atoms with E-state index in [1.54, 1.807) is 26.8 Å². The van der Waals surface area contributed by atoms with Gasteiger partial charge in [-0.1, -0.05) is 13.8 Å². The van der Waals surface area contributed by atoms with Crippen molar-refractivity contribution in [3.63, 3.8) is 0 Å². The number of rotatable bonds is 4. The van der Waals surface area contributed by atoms with Crippen LogP contribution in [-0.4, -0.2) is 30.1 Å². The van der Waals surface area contributed by atoms with Gasteiger partial charge in [-0.25, -0.2) is 0 Å². The normalized spacial score (nSPS) is 12.0. The number of hydrogen-bond acceptors (Lipinski definition) is 2. The van der Waals surface area contributed by atoms with E-state index in [2.05, 4.69) is 15.9 Å². The summed E-state index contributed by atoms with van der Waals surface area (Å²) in [6.45, 7) is 4.25. The van der Waals surface area contributed by atoms with Crippen molar-refractivity contribution in [1.29, 1.82) is 0 Å². The van der Waals surface area contributed by atoms with Crippen LogP contribution in [0.4, 0.5) is 13.2 Å². The summed E-state index contributed by atoms with van der Waals surface area (Å²) in [5.74, 6) is -0.583. The lowest BCUT2D eigenvalue weighted by Crippen LogP contribution is -2.40. The van der Waals surface area contributed by atoms with E-state index in [1.165, 1.54) is 0 Å². The highest BCUT2D eigenvalue weighted by atomic mass is 79.9. The summed E-state index contributed by atoms with van der Waals surface area (Å²) < 4.78 is 38.3. The minimum absolute atomic E-state index is 0.0178. The molecule has 2 nitrogen and oxygen atoms in total. The quantitative estimate of drug-likeness (QED) is 0.777. The van der Waals surface area contributed by atoms with Crippen molar-refractivity contribution in [3.05, 3.63) is 20.3 Å². The van der Waals surface area contributed by atoms with E-state index in [0.717, 1.165) is 25.6 Å². The average molecular weight is 358 g/mol. The molecule has 0 fully saturated rings. The van der Waals surface area contributed by atoms with Gasteiger partial charge in [0.1, 0.15) is 6.54 Å². The van der Waals surface area contributed by atoms with E-state index in [-0.39, 0.29) is 12.5 Å². The highest BCUT2D eigenvalue weighted by Crippen LogP contribution is 2.29. The number of aryl methyl sites for hydroxylation is 1. The molecule has 0 N–H and O–H groups in total. The summed E-state index contributed by atoms with van der Waals surface area (Å²) in [7, 11) is 0. The predicted molar refractivity (Wildman–Crippen MR) is 73.6 cm³/mol. The summed E-state index contributed by atoms with van der Waals surface area (Å²) in [6.07, 6.45) is -4.38. The molecule has 0 aliphatic carbocycles. The molecule has 0 aliphatic heterocycles. The third-order valence-corrected chi connectivity index (χ3v) is 4.44. The number of nitrogens with zero attached hydrogens (tertiary/aromatic N) is 1. The smallest absolute Gasteiger partial charge is 0.329 e. The van der Waals surface area contributed by atoms with E-state index in [9.17, 15) is 18.0 Å². The molecule has 1 heterocycles. The first kappa shape index (κ1) is 16.5. The topological polar surface area (TPSA) is 20.3 Å². The molecular weight excluding hydrogens is 343 g/mol. The summed E-state index contributed by atoms with van der Waals surface area (Å²) >= 11 is 4.43. The molecule has 1 aromatic heterocycles. The zero-order valence-electron chi connectivity index (χ0n) is 10.8. The van der Waals surface area contributed by atoms with E-state index in [1.807, 2.05) is 0 Å². The van der Waals surface area contributed by atoms with Crippen LogP contribution in [0.3, 0.4) is 0 Å². The minimum atomic E-state index is -4.38. The second-order valence-electron chi connectivity index (χ2n) is 4.76. The van der Waals surface area contributed by atoms with E-state index >= 15 is 0 Å². The zero-order valence-corrected chi connectivity index (χ0v) is 13.2. The Bertz CT molecular complexity index is 437. The van der Waals surface area contributed by atoms with Gasteiger partial charge in [0.05, 0.1) is 8.66 Å². The summed E-state index contributed by atoms with van der Waals surface area (Å²) in [6, 6.07) is 1.61. The van der Waals surface area contributed by atoms with Gasteiger partial charge in [-0.05, 0) is 40.4 Å². The molecule has 1 rings (SSSR count). The maximum atomic E-state index is 12.5. The van der Waals surface area contributed by atoms with Gasteiger partial charge in [-0.3, -0.25) is 4.79 Å². The van der Waals surface area contributed by atoms with Gasteiger partial charge in [-0.2, -0.15) is 13.2 Å². The van der Waals surface area contributed by atoms with Crippen molar-refractivity contribution in [1.82, 2.24) is 4.90 Å². The van der Waals surface area contributed by atoms with Gasteiger partial charge in [0.2, 0.25) is 0 Å². The Balaban J connectivity index is 2.93. The molecule has 0 saturated heterocycles. The van der Waals surface area contributed by atoms with Crippen LogP contribution in [-0.2, 0) is 0 Å². The van der Waals surface area contributed by atoms with Crippen molar-refractivity contribution in [3.8, 4) is 0 Å². The van der Waals surface area contributed by atoms with Crippen LogP contribution in [0.2, 0.25) is 0 Å². The average Bonchev–Trinajstić information content (AvgIpc) is 2.54. The van der Waals surface area contributed by atoms with E-state index < -0.39 is 18.6 Å². The second-order valence-corrected chi connectivity index (χ2v) is 7.13. The van der Waals surface area contributed by atoms with Gasteiger partial charge in [0.15, 0.2) is 0 Å². The molecule has 0 unspecified atom stereocenters. The molecule has 0 aliphatic rings. The first-order valence-corrected chi connectivity index (χ1v) is 7.33. The summed E-state index contributed by atoms with van der Waals surface area (Å²) in [5.41, 5.74) is 0.852. The molecule has 0 saturated carbocycles. The lowest BCUT2D eigenvalue weighted by molar-refractivity contribution is -0.141. The molecule has 0 radical (unpaired) electrons. The van der Waals surface area contributed by atoms with Crippen LogP contribution in [0.15, 0.2) is 9.85 Å². The highest BCUT2D eigenvalue weighted by molar-refractivity contribution is 9.11. The van der Waals surface area contributed by atoms with Gasteiger partial charge in [-0.15, -0.1) is 11.3 Å². The van der Waals surface area contributed by atoms with Crippen LogP contribution in [0, 0.1) is 12.8 Å². The van der Waals surface area contributed by atoms with Crippen molar-refractivity contribution < 1.29 is 18.0 Å². The summed E-state index contributed by atoms with van der Waals surface area (Å²) in [5, 5.41) is 0. The molecule has 0 spiro atoms. The molecule has 108 valence electrons. The van der Waals surface area contributed by atoms with Crippen molar-refractivity contribution in [2.24, 2.45) is 5.92 Å². The first-order chi connectivity index (χ1) is 8.60. The molecular formula is C12H15BrF3NOS. The highest BCUT2D eigenvalue weighted by Gasteiger charge is 2.34. The fourth-order valence-electron chi connectivity index (χ4n) is 1.60. The Labute approximate surface area is 122 Å². The Hall–Kier alpha value is -0.560. The van der Waals surface area contributed by atoms with Crippen molar-refractivity contribution in [2.75, 3.05) is 13.1 Å². The van der Waals surface area contributed by atoms with Gasteiger partial charge < -0.3 is 4.90 Å². The van der Waals surface area contributed by atoms with Gasteiger partial charge >= 0.3 is 6.18 Å². The van der Waals surface area contributed by atoms with Crippen LogP contribution in [0.1, 0.15) is 29.1 Å². The number of carbonyl (C=O) groups is 1. The standard InChI is InChI=1S/C12H15BrF3NOS/c1-7(2)5-17(6-12(14,15)16)11(18)9-4-8(3)10(13)19-9/h4,7H,5-6H2,1-3H3.